The van der Waals surface area contributed by atoms with E-state index in [0.29, 0.717) is 5.75 Å². The van der Waals surface area contributed by atoms with E-state index in [1.54, 1.807) is 4.68 Å². The van der Waals surface area contributed by atoms with Crippen molar-refractivity contribution < 1.29 is 9.84 Å². The maximum Gasteiger partial charge on any atom is 0.223 e. The normalized spacial score (nSPS) is 13.5. The minimum absolute atomic E-state index is 0.656. The van der Waals surface area contributed by atoms with Gasteiger partial charge in [0.2, 0.25) is 6.23 Å². The molecule has 1 heterocycles. The molecule has 5 nitrogen and oxygen atoms in total. The first kappa shape index (κ1) is 16.3. The summed E-state index contributed by atoms with van der Waals surface area (Å²) >= 11 is 0. The Labute approximate surface area is 151 Å². The van der Waals surface area contributed by atoms with Gasteiger partial charge in [-0.3, -0.25) is 0 Å². The number of hydrogen-bond donors (Lipinski definition) is 1. The lowest BCUT2D eigenvalue weighted by Gasteiger charge is -2.25. The minimum Gasteiger partial charge on any atom is -0.465 e. The lowest BCUT2D eigenvalue weighted by molar-refractivity contribution is -0.0173. The maximum atomic E-state index is 11.1. The lowest BCUT2D eigenvalue weighted by atomic mass is 10.1. The van der Waals surface area contributed by atoms with E-state index in [2.05, 4.69) is 10.3 Å². The number of aliphatic hydroxyl groups is 1. The lowest BCUT2D eigenvalue weighted by Crippen LogP contribution is -2.24. The van der Waals surface area contributed by atoms with E-state index in [9.17, 15) is 5.11 Å². The van der Waals surface area contributed by atoms with Crippen LogP contribution in [0.3, 0.4) is 0 Å². The smallest absolute Gasteiger partial charge is 0.223 e. The van der Waals surface area contributed by atoms with Crippen LogP contribution in [-0.4, -0.2) is 20.1 Å². The van der Waals surface area contributed by atoms with Crippen molar-refractivity contribution in [2.45, 2.75) is 19.3 Å². The fourth-order valence-electron chi connectivity index (χ4n) is 2.89. The van der Waals surface area contributed by atoms with Gasteiger partial charge in [-0.2, -0.15) is 0 Å². The average molecular weight is 345 g/mol. The van der Waals surface area contributed by atoms with Crippen LogP contribution in [-0.2, 0) is 0 Å². The number of benzene rings is 3. The second-order valence-corrected chi connectivity index (χ2v) is 6.20. The highest BCUT2D eigenvalue weighted by Gasteiger charge is 2.27. The number of aryl methyl sites for hydroxylation is 1. The van der Waals surface area contributed by atoms with Crippen LogP contribution in [0, 0.1) is 6.92 Å². The molecule has 1 N–H and O–H groups in total. The van der Waals surface area contributed by atoms with E-state index in [0.717, 1.165) is 22.2 Å². The number of rotatable bonds is 5. The molecule has 5 heteroatoms. The molecule has 0 spiro atoms. The summed E-state index contributed by atoms with van der Waals surface area (Å²) in [5, 5.41) is 19.5. The second kappa shape index (κ2) is 6.98. The molecule has 0 radical (unpaired) electrons. The van der Waals surface area contributed by atoms with Gasteiger partial charge >= 0.3 is 0 Å². The summed E-state index contributed by atoms with van der Waals surface area (Å²) in [5.41, 5.74) is 3.45. The molecule has 0 fully saturated rings. The molecule has 0 saturated carbocycles. The van der Waals surface area contributed by atoms with Crippen LogP contribution in [0.25, 0.3) is 11.0 Å². The number of aromatic nitrogens is 3. The van der Waals surface area contributed by atoms with Gasteiger partial charge in [0.1, 0.15) is 17.4 Å². The molecule has 0 aliphatic carbocycles. The Hall–Kier alpha value is -3.18. The zero-order valence-corrected chi connectivity index (χ0v) is 14.4. The second-order valence-electron chi connectivity index (χ2n) is 6.20. The molecule has 130 valence electrons. The molecular formula is C21H19N3O2. The van der Waals surface area contributed by atoms with Crippen molar-refractivity contribution in [3.63, 3.8) is 0 Å². The summed E-state index contributed by atoms with van der Waals surface area (Å²) < 4.78 is 7.76. The Morgan fingerprint density at radius 3 is 2.35 bits per heavy atom. The van der Waals surface area contributed by atoms with Crippen molar-refractivity contribution in [2.24, 2.45) is 0 Å². The third-order valence-corrected chi connectivity index (χ3v) is 4.31. The molecule has 0 aliphatic heterocycles. The number of aliphatic hydroxyl groups excluding tert-OH is 1. The predicted octanol–water partition coefficient (Wildman–Crippen LogP) is 4.05. The van der Waals surface area contributed by atoms with Crippen LogP contribution in [0.15, 0.2) is 78.9 Å². The van der Waals surface area contributed by atoms with E-state index in [-0.39, 0.29) is 0 Å². The molecule has 0 aliphatic rings. The molecule has 3 aromatic carbocycles. The summed E-state index contributed by atoms with van der Waals surface area (Å²) in [4.78, 5) is 0. The van der Waals surface area contributed by atoms with Crippen LogP contribution in [0.4, 0.5) is 0 Å². The molecule has 2 atom stereocenters. The Balaban J connectivity index is 1.77. The number of fused-ring (bicyclic) bond motifs is 1. The first-order chi connectivity index (χ1) is 12.7. The van der Waals surface area contributed by atoms with E-state index >= 15 is 0 Å². The molecule has 4 rings (SSSR count). The summed E-state index contributed by atoms with van der Waals surface area (Å²) in [5.74, 6) is 0.656. The van der Waals surface area contributed by atoms with E-state index < -0.39 is 12.3 Å². The van der Waals surface area contributed by atoms with Crippen LogP contribution in [0.2, 0.25) is 0 Å². The number of hydrogen-bond acceptors (Lipinski definition) is 4. The number of ether oxygens (including phenoxy) is 1. The molecule has 1 aromatic heterocycles. The highest BCUT2D eigenvalue weighted by molar-refractivity contribution is 5.74. The van der Waals surface area contributed by atoms with E-state index in [4.69, 9.17) is 4.74 Å². The van der Waals surface area contributed by atoms with Gasteiger partial charge < -0.3 is 9.84 Å². The van der Waals surface area contributed by atoms with E-state index in [1.165, 1.54) is 0 Å². The van der Waals surface area contributed by atoms with Crippen molar-refractivity contribution in [2.75, 3.05) is 0 Å². The van der Waals surface area contributed by atoms with Gasteiger partial charge in [-0.1, -0.05) is 65.4 Å². The number of nitrogens with zero attached hydrogens (tertiary/aromatic N) is 3. The Bertz CT molecular complexity index is 997. The Morgan fingerprint density at radius 1 is 0.885 bits per heavy atom. The maximum absolute atomic E-state index is 11.1. The van der Waals surface area contributed by atoms with Crippen LogP contribution < -0.4 is 4.74 Å². The molecule has 4 aromatic rings. The molecule has 2 unspecified atom stereocenters. The monoisotopic (exact) mass is 345 g/mol. The average Bonchev–Trinajstić information content (AvgIpc) is 3.11. The summed E-state index contributed by atoms with van der Waals surface area (Å²) in [7, 11) is 0. The van der Waals surface area contributed by atoms with Gasteiger partial charge in [0.05, 0.1) is 5.52 Å². The predicted molar refractivity (Wildman–Crippen MR) is 99.8 cm³/mol. The zero-order valence-electron chi connectivity index (χ0n) is 14.4. The molecule has 26 heavy (non-hydrogen) atoms. The highest BCUT2D eigenvalue weighted by Crippen LogP contribution is 2.31. The largest absolute Gasteiger partial charge is 0.465 e. The van der Waals surface area contributed by atoms with Crippen LogP contribution in [0.5, 0.6) is 5.75 Å². The Morgan fingerprint density at radius 2 is 1.58 bits per heavy atom. The van der Waals surface area contributed by atoms with E-state index in [1.807, 2.05) is 85.8 Å². The zero-order chi connectivity index (χ0) is 17.9. The van der Waals surface area contributed by atoms with Gasteiger partial charge in [0.25, 0.3) is 0 Å². The van der Waals surface area contributed by atoms with Gasteiger partial charge in [0.15, 0.2) is 0 Å². The van der Waals surface area contributed by atoms with Crippen molar-refractivity contribution in [3.05, 3.63) is 90.0 Å². The van der Waals surface area contributed by atoms with Crippen LogP contribution >= 0.6 is 0 Å². The first-order valence-electron chi connectivity index (χ1n) is 8.48. The first-order valence-corrected chi connectivity index (χ1v) is 8.48. The van der Waals surface area contributed by atoms with Gasteiger partial charge in [-0.15, -0.1) is 5.10 Å². The SMILES string of the molecule is Cc1ccc(C(O)C(Oc2ccccc2)n2nnc3ccccc32)cc1. The number of para-hydroxylation sites is 2. The van der Waals surface area contributed by atoms with Crippen molar-refractivity contribution in [3.8, 4) is 5.75 Å². The third kappa shape index (κ3) is 3.17. The summed E-state index contributed by atoms with van der Waals surface area (Å²) in [6.07, 6.45) is -1.64. The van der Waals surface area contributed by atoms with Crippen molar-refractivity contribution in [1.29, 1.82) is 0 Å². The topological polar surface area (TPSA) is 60.2 Å². The van der Waals surface area contributed by atoms with Gasteiger partial charge in [-0.25, -0.2) is 4.68 Å². The van der Waals surface area contributed by atoms with Crippen molar-refractivity contribution >= 4 is 11.0 Å². The van der Waals surface area contributed by atoms with Crippen molar-refractivity contribution in [1.82, 2.24) is 15.0 Å². The summed E-state index contributed by atoms with van der Waals surface area (Å²) in [6.45, 7) is 2.01. The molecule has 0 amide bonds. The van der Waals surface area contributed by atoms with Gasteiger partial charge in [0, 0.05) is 0 Å². The van der Waals surface area contributed by atoms with Gasteiger partial charge in [-0.05, 0) is 36.8 Å². The summed E-state index contributed by atoms with van der Waals surface area (Å²) in [6, 6.07) is 24.8. The Kier molecular flexibility index (Phi) is 4.37. The third-order valence-electron chi connectivity index (χ3n) is 4.31. The fourth-order valence-corrected chi connectivity index (χ4v) is 2.89. The molecular weight excluding hydrogens is 326 g/mol. The quantitative estimate of drug-likeness (QED) is 0.593. The minimum atomic E-state index is -0.902. The fraction of sp³-hybridized carbons (Fsp3) is 0.143. The highest BCUT2D eigenvalue weighted by atomic mass is 16.5. The van der Waals surface area contributed by atoms with Crippen LogP contribution in [0.1, 0.15) is 23.5 Å². The molecule has 0 saturated heterocycles. The standard InChI is InChI=1S/C21H19N3O2/c1-15-11-13-16(14-12-15)20(25)21(26-17-7-3-2-4-8-17)24-19-10-6-5-9-18(19)22-23-24/h2-14,20-21,25H,1H3. The molecule has 0 bridgehead atoms.